The second kappa shape index (κ2) is 9.42. The maximum absolute atomic E-state index is 5.22. The normalized spacial score (nSPS) is 11.6. The molecule has 2 heterocycles. The fourth-order valence-electron chi connectivity index (χ4n) is 6.21. The van der Waals surface area contributed by atoms with E-state index in [0.717, 1.165) is 51.3 Å². The summed E-state index contributed by atoms with van der Waals surface area (Å²) in [5, 5.41) is 6.12. The predicted molar refractivity (Wildman–Crippen MR) is 172 cm³/mol. The number of para-hydroxylation sites is 3. The molecule has 0 fully saturated rings. The molecule has 41 heavy (non-hydrogen) atoms. The molecule has 3 heteroatoms. The summed E-state index contributed by atoms with van der Waals surface area (Å²) in [6.45, 7) is 2.16. The summed E-state index contributed by atoms with van der Waals surface area (Å²) < 4.78 is 2.28. The summed E-state index contributed by atoms with van der Waals surface area (Å²) in [5.41, 5.74) is 8.75. The molecule has 6 aromatic carbocycles. The highest BCUT2D eigenvalue weighted by Crippen LogP contribution is 2.38. The van der Waals surface area contributed by atoms with Gasteiger partial charge in [-0.15, -0.1) is 0 Å². The van der Waals surface area contributed by atoms with Crippen molar-refractivity contribution in [3.8, 4) is 28.1 Å². The van der Waals surface area contributed by atoms with Crippen LogP contribution in [0.3, 0.4) is 0 Å². The van der Waals surface area contributed by atoms with Crippen molar-refractivity contribution in [2.24, 2.45) is 0 Å². The first-order valence-corrected chi connectivity index (χ1v) is 14.2. The largest absolute Gasteiger partial charge is 0.296 e. The lowest BCUT2D eigenvalue weighted by Gasteiger charge is -2.14. The fraction of sp³-hybridized carbons (Fsp3) is 0.0526. The van der Waals surface area contributed by atoms with Gasteiger partial charge in [0.2, 0.25) is 0 Å². The molecule has 0 atom stereocenters. The fourth-order valence-corrected chi connectivity index (χ4v) is 6.21. The Morgan fingerprint density at radius 2 is 1.24 bits per heavy atom. The molecule has 0 amide bonds. The third-order valence-corrected chi connectivity index (χ3v) is 8.11. The van der Waals surface area contributed by atoms with Crippen molar-refractivity contribution in [2.75, 3.05) is 0 Å². The van der Waals surface area contributed by atoms with Gasteiger partial charge in [-0.2, -0.15) is 0 Å². The molecule has 0 saturated heterocycles. The quantitative estimate of drug-likeness (QED) is 0.214. The molecular formula is C38H27N3. The van der Waals surface area contributed by atoms with Crippen LogP contribution >= 0.6 is 0 Å². The van der Waals surface area contributed by atoms with Crippen molar-refractivity contribution in [1.82, 2.24) is 14.5 Å². The van der Waals surface area contributed by atoms with E-state index in [9.17, 15) is 0 Å². The zero-order valence-corrected chi connectivity index (χ0v) is 22.8. The zero-order valence-electron chi connectivity index (χ0n) is 22.8. The second-order valence-electron chi connectivity index (χ2n) is 10.5. The molecule has 0 unspecified atom stereocenters. The van der Waals surface area contributed by atoms with Gasteiger partial charge in [-0.3, -0.25) is 4.57 Å². The van der Waals surface area contributed by atoms with E-state index in [1.165, 1.54) is 32.5 Å². The summed E-state index contributed by atoms with van der Waals surface area (Å²) in [4.78, 5) is 10.1. The number of aromatic nitrogens is 3. The van der Waals surface area contributed by atoms with Gasteiger partial charge in [0.05, 0.1) is 22.2 Å². The first-order valence-electron chi connectivity index (χ1n) is 14.2. The molecule has 8 aromatic rings. The Morgan fingerprint density at radius 3 is 2.12 bits per heavy atom. The van der Waals surface area contributed by atoms with Crippen molar-refractivity contribution in [3.63, 3.8) is 0 Å². The highest BCUT2D eigenvalue weighted by Gasteiger charge is 2.15. The van der Waals surface area contributed by atoms with Crippen LogP contribution in [0, 0.1) is 0 Å². The molecule has 3 nitrogen and oxygen atoms in total. The van der Waals surface area contributed by atoms with Gasteiger partial charge in [-0.25, -0.2) is 9.97 Å². The number of rotatable bonds is 4. The summed E-state index contributed by atoms with van der Waals surface area (Å²) >= 11 is 0. The topological polar surface area (TPSA) is 30.7 Å². The summed E-state index contributed by atoms with van der Waals surface area (Å²) in [6.07, 6.45) is 0.865. The van der Waals surface area contributed by atoms with Crippen molar-refractivity contribution < 1.29 is 0 Å². The third kappa shape index (κ3) is 3.81. The molecule has 0 aliphatic rings. The van der Waals surface area contributed by atoms with Crippen LogP contribution in [0.15, 0.2) is 133 Å². The molecular weight excluding hydrogens is 498 g/mol. The van der Waals surface area contributed by atoms with Gasteiger partial charge in [0.15, 0.2) is 0 Å². The van der Waals surface area contributed by atoms with E-state index in [1.54, 1.807) is 0 Å². The number of benzene rings is 6. The van der Waals surface area contributed by atoms with Crippen molar-refractivity contribution in [3.05, 3.63) is 139 Å². The highest BCUT2D eigenvalue weighted by molar-refractivity contribution is 6.22. The first kappa shape index (κ1) is 23.6. The van der Waals surface area contributed by atoms with Crippen LogP contribution in [-0.2, 0) is 6.42 Å². The van der Waals surface area contributed by atoms with Crippen LogP contribution in [-0.4, -0.2) is 14.5 Å². The minimum Gasteiger partial charge on any atom is -0.296 e. The average molecular weight is 526 g/mol. The molecule has 8 rings (SSSR count). The maximum atomic E-state index is 5.22. The number of nitrogens with zero attached hydrogens (tertiary/aromatic N) is 3. The lowest BCUT2D eigenvalue weighted by molar-refractivity contribution is 0.908. The number of hydrogen-bond acceptors (Lipinski definition) is 2. The molecule has 194 valence electrons. The lowest BCUT2D eigenvalue weighted by Crippen LogP contribution is -2.00. The Morgan fingerprint density at radius 1 is 0.537 bits per heavy atom. The predicted octanol–water partition coefficient (Wildman–Crippen LogP) is 9.78. The summed E-state index contributed by atoms with van der Waals surface area (Å²) in [7, 11) is 0. The maximum Gasteiger partial charge on any atom is 0.114 e. The van der Waals surface area contributed by atoms with Crippen LogP contribution in [0.4, 0.5) is 0 Å². The van der Waals surface area contributed by atoms with E-state index < -0.39 is 0 Å². The molecule has 0 radical (unpaired) electrons. The summed E-state index contributed by atoms with van der Waals surface area (Å²) in [5.74, 6) is 1.07. The Bertz CT molecular complexity index is 2240. The van der Waals surface area contributed by atoms with Crippen LogP contribution in [0.25, 0.3) is 71.6 Å². The van der Waals surface area contributed by atoms with Crippen LogP contribution in [0.5, 0.6) is 0 Å². The van der Waals surface area contributed by atoms with E-state index in [2.05, 4.69) is 139 Å². The van der Waals surface area contributed by atoms with Crippen molar-refractivity contribution in [2.45, 2.75) is 13.3 Å². The number of aryl methyl sites for hydroxylation is 1. The van der Waals surface area contributed by atoms with Gasteiger partial charge in [-0.1, -0.05) is 104 Å². The van der Waals surface area contributed by atoms with Gasteiger partial charge < -0.3 is 0 Å². The van der Waals surface area contributed by atoms with E-state index in [0.29, 0.717) is 0 Å². The smallest absolute Gasteiger partial charge is 0.114 e. The third-order valence-electron chi connectivity index (χ3n) is 8.11. The molecule has 2 aromatic heterocycles. The SMILES string of the molecule is CCc1nc2ccccc2n1-c1cccc(-c2cccc(-c3nc4ccccc4c4c3ccc3ccccc34)c2)c1. The Labute approximate surface area is 238 Å². The average Bonchev–Trinajstić information content (AvgIpc) is 3.43. The van der Waals surface area contributed by atoms with Crippen LogP contribution < -0.4 is 0 Å². The second-order valence-corrected chi connectivity index (χ2v) is 10.5. The summed E-state index contributed by atoms with van der Waals surface area (Å²) in [6, 6.07) is 47.5. The molecule has 0 bridgehead atoms. The van der Waals surface area contributed by atoms with E-state index >= 15 is 0 Å². The molecule has 0 N–H and O–H groups in total. The zero-order chi connectivity index (χ0) is 27.3. The first-order chi connectivity index (χ1) is 20.3. The van der Waals surface area contributed by atoms with Gasteiger partial charge >= 0.3 is 0 Å². The number of imidazole rings is 1. The standard InChI is InChI=1S/C38H27N3/c1-2-36-39-34-19-7-8-20-35(34)41(36)29-15-10-13-27(24-29)26-12-9-14-28(23-26)38-32-22-21-25-11-3-4-16-30(25)37(32)31-17-5-6-18-33(31)40-38/h3-24H,2H2,1H3. The van der Waals surface area contributed by atoms with Gasteiger partial charge in [0.1, 0.15) is 5.82 Å². The molecule has 0 spiro atoms. The van der Waals surface area contributed by atoms with Gasteiger partial charge in [-0.05, 0) is 58.3 Å². The Kier molecular flexibility index (Phi) is 5.42. The van der Waals surface area contributed by atoms with Crippen LogP contribution in [0.2, 0.25) is 0 Å². The minimum absolute atomic E-state index is 0.865. The van der Waals surface area contributed by atoms with E-state index in [4.69, 9.17) is 9.97 Å². The Hall–Kier alpha value is -5.28. The Balaban J connectivity index is 1.31. The van der Waals surface area contributed by atoms with Gasteiger partial charge in [0.25, 0.3) is 0 Å². The number of fused-ring (bicyclic) bond motifs is 6. The van der Waals surface area contributed by atoms with Crippen molar-refractivity contribution >= 4 is 43.5 Å². The van der Waals surface area contributed by atoms with Crippen molar-refractivity contribution in [1.29, 1.82) is 0 Å². The van der Waals surface area contributed by atoms with E-state index in [-0.39, 0.29) is 0 Å². The molecule has 0 aliphatic carbocycles. The molecule has 0 aliphatic heterocycles. The highest BCUT2D eigenvalue weighted by atomic mass is 15.1. The number of hydrogen-bond donors (Lipinski definition) is 0. The molecule has 0 saturated carbocycles. The monoisotopic (exact) mass is 525 g/mol. The number of pyridine rings is 1. The lowest BCUT2D eigenvalue weighted by atomic mass is 9.94. The van der Waals surface area contributed by atoms with Gasteiger partial charge in [0, 0.05) is 33.8 Å². The van der Waals surface area contributed by atoms with Crippen LogP contribution in [0.1, 0.15) is 12.7 Å². The minimum atomic E-state index is 0.865. The van der Waals surface area contributed by atoms with E-state index in [1.807, 2.05) is 6.07 Å².